The van der Waals surface area contributed by atoms with Crippen LogP contribution in [0.2, 0.25) is 10.0 Å². The molecule has 3 nitrogen and oxygen atoms in total. The molecule has 0 aliphatic carbocycles. The largest absolute Gasteiger partial charge is 0.495 e. The highest BCUT2D eigenvalue weighted by atomic mass is 35.5. The summed E-state index contributed by atoms with van der Waals surface area (Å²) in [4.78, 5) is 0. The van der Waals surface area contributed by atoms with Crippen molar-refractivity contribution in [3.05, 3.63) is 99.8 Å². The van der Waals surface area contributed by atoms with Crippen molar-refractivity contribution < 1.29 is 13.9 Å². The molecule has 1 N–H and O–H groups in total. The van der Waals surface area contributed by atoms with Crippen molar-refractivity contribution in [2.45, 2.75) is 13.2 Å². The predicted octanol–water partition coefficient (Wildman–Crippen LogP) is 7.49. The lowest BCUT2D eigenvalue weighted by Crippen LogP contribution is -2.05. The van der Waals surface area contributed by atoms with Gasteiger partial charge in [0.1, 0.15) is 23.9 Å². The Kier molecular flexibility index (Phi) is 6.50. The van der Waals surface area contributed by atoms with E-state index < -0.39 is 0 Å². The third kappa shape index (κ3) is 4.87. The van der Waals surface area contributed by atoms with Gasteiger partial charge in [-0.3, -0.25) is 0 Å². The molecule has 4 rings (SSSR count). The Bertz CT molecular complexity index is 1230. The molecule has 0 radical (unpaired) electrons. The number of ether oxygens (including phenoxy) is 2. The van der Waals surface area contributed by atoms with Gasteiger partial charge in [-0.15, -0.1) is 0 Å². The molecule has 0 aromatic heterocycles. The van der Waals surface area contributed by atoms with Crippen LogP contribution in [0.3, 0.4) is 0 Å². The van der Waals surface area contributed by atoms with E-state index in [-0.39, 0.29) is 12.4 Å². The topological polar surface area (TPSA) is 30.5 Å². The van der Waals surface area contributed by atoms with Gasteiger partial charge < -0.3 is 14.8 Å². The average Bonchev–Trinajstić information content (AvgIpc) is 2.77. The van der Waals surface area contributed by atoms with Gasteiger partial charge in [0.25, 0.3) is 0 Å². The molecule has 0 fully saturated rings. The number of methoxy groups -OCH3 is 1. The number of hydrogen-bond donors (Lipinski definition) is 1. The molecule has 0 unspecified atom stereocenters. The van der Waals surface area contributed by atoms with Crippen molar-refractivity contribution in [1.82, 2.24) is 0 Å². The van der Waals surface area contributed by atoms with Crippen LogP contribution in [0.15, 0.2) is 72.8 Å². The molecule has 0 heterocycles. The number of anilines is 1. The summed E-state index contributed by atoms with van der Waals surface area (Å²) in [6, 6.07) is 21.9. The lowest BCUT2D eigenvalue weighted by molar-refractivity contribution is 0.304. The number of hydrogen-bond acceptors (Lipinski definition) is 3. The second-order valence-corrected chi connectivity index (χ2v) is 7.81. The average molecular weight is 456 g/mol. The number of rotatable bonds is 7. The van der Waals surface area contributed by atoms with Gasteiger partial charge in [0.15, 0.2) is 0 Å². The summed E-state index contributed by atoms with van der Waals surface area (Å²) in [7, 11) is 1.58. The van der Waals surface area contributed by atoms with Crippen molar-refractivity contribution >= 4 is 39.7 Å². The summed E-state index contributed by atoms with van der Waals surface area (Å²) in [6.45, 7) is 0.759. The van der Waals surface area contributed by atoms with E-state index in [9.17, 15) is 4.39 Å². The van der Waals surface area contributed by atoms with Crippen LogP contribution in [0.1, 0.15) is 11.1 Å². The van der Waals surface area contributed by atoms with Gasteiger partial charge in [-0.1, -0.05) is 59.6 Å². The van der Waals surface area contributed by atoms with E-state index in [2.05, 4.69) is 17.4 Å². The first-order valence-corrected chi connectivity index (χ1v) is 10.5. The van der Waals surface area contributed by atoms with Gasteiger partial charge in [-0.05, 0) is 47.2 Å². The highest BCUT2D eigenvalue weighted by molar-refractivity contribution is 6.32. The van der Waals surface area contributed by atoms with Gasteiger partial charge in [-0.25, -0.2) is 4.39 Å². The van der Waals surface area contributed by atoms with E-state index in [1.54, 1.807) is 13.2 Å². The van der Waals surface area contributed by atoms with Crippen LogP contribution in [0, 0.1) is 5.82 Å². The van der Waals surface area contributed by atoms with Crippen LogP contribution in [-0.4, -0.2) is 7.11 Å². The van der Waals surface area contributed by atoms with E-state index >= 15 is 0 Å². The fourth-order valence-electron chi connectivity index (χ4n) is 3.39. The van der Waals surface area contributed by atoms with Crippen molar-refractivity contribution in [1.29, 1.82) is 0 Å². The zero-order chi connectivity index (χ0) is 21.8. The van der Waals surface area contributed by atoms with Gasteiger partial charge in [-0.2, -0.15) is 0 Å². The maximum Gasteiger partial charge on any atom is 0.137 e. The molecule has 0 saturated heterocycles. The molecular formula is C25H20Cl2FNO2. The maximum absolute atomic E-state index is 13.3. The second-order valence-electron chi connectivity index (χ2n) is 6.99. The second kappa shape index (κ2) is 9.46. The molecule has 0 spiro atoms. The first-order chi connectivity index (χ1) is 15.0. The Labute approximate surface area is 190 Å². The normalized spacial score (nSPS) is 10.8. The monoisotopic (exact) mass is 455 g/mol. The molecule has 0 atom stereocenters. The quantitative estimate of drug-likeness (QED) is 0.313. The van der Waals surface area contributed by atoms with Gasteiger partial charge >= 0.3 is 0 Å². The van der Waals surface area contributed by atoms with E-state index in [1.165, 1.54) is 12.1 Å². The lowest BCUT2D eigenvalue weighted by atomic mass is 10.0. The molecule has 4 aromatic carbocycles. The Hall–Kier alpha value is -2.95. The molecular weight excluding hydrogens is 436 g/mol. The fourth-order valence-corrected chi connectivity index (χ4v) is 3.87. The van der Waals surface area contributed by atoms with Gasteiger partial charge in [0, 0.05) is 23.4 Å². The Balaban J connectivity index is 1.61. The minimum absolute atomic E-state index is 0.235. The number of benzene rings is 4. The third-order valence-corrected chi connectivity index (χ3v) is 5.66. The molecule has 31 heavy (non-hydrogen) atoms. The Morgan fingerprint density at radius 2 is 1.68 bits per heavy atom. The molecule has 0 saturated carbocycles. The summed E-state index contributed by atoms with van der Waals surface area (Å²) in [5.74, 6) is 0.978. The van der Waals surface area contributed by atoms with Crippen LogP contribution in [0.4, 0.5) is 10.1 Å². The van der Waals surface area contributed by atoms with Crippen molar-refractivity contribution in [2.24, 2.45) is 0 Å². The molecule has 0 bridgehead atoms. The fraction of sp³-hybridized carbons (Fsp3) is 0.120. The highest BCUT2D eigenvalue weighted by Gasteiger charge is 2.11. The zero-order valence-electron chi connectivity index (χ0n) is 16.8. The number of nitrogens with one attached hydrogen (secondary N) is 1. The van der Waals surface area contributed by atoms with Crippen LogP contribution in [0.25, 0.3) is 10.8 Å². The SMILES string of the molecule is COc1ccc(NCc2c(OCc3ccc(F)cc3Cl)ccc3ccccc23)cc1Cl. The van der Waals surface area contributed by atoms with Crippen molar-refractivity contribution in [3.8, 4) is 11.5 Å². The molecule has 0 amide bonds. The van der Waals surface area contributed by atoms with Crippen LogP contribution in [0.5, 0.6) is 11.5 Å². The van der Waals surface area contributed by atoms with Gasteiger partial charge in [0.2, 0.25) is 0 Å². The first-order valence-electron chi connectivity index (χ1n) is 9.70. The molecule has 6 heteroatoms. The molecule has 4 aromatic rings. The lowest BCUT2D eigenvalue weighted by Gasteiger charge is -2.16. The van der Waals surface area contributed by atoms with E-state index in [1.807, 2.05) is 42.5 Å². The Morgan fingerprint density at radius 1 is 0.871 bits per heavy atom. The minimum Gasteiger partial charge on any atom is -0.495 e. The first kappa shape index (κ1) is 21.3. The summed E-state index contributed by atoms with van der Waals surface area (Å²) in [5, 5.41) is 6.47. The summed E-state index contributed by atoms with van der Waals surface area (Å²) in [5.41, 5.74) is 2.59. The molecule has 158 valence electrons. The van der Waals surface area contributed by atoms with Crippen LogP contribution >= 0.6 is 23.2 Å². The minimum atomic E-state index is -0.373. The predicted molar refractivity (Wildman–Crippen MR) is 125 cm³/mol. The molecule has 0 aliphatic rings. The summed E-state index contributed by atoms with van der Waals surface area (Å²) in [6.07, 6.45) is 0. The van der Waals surface area contributed by atoms with E-state index in [4.69, 9.17) is 32.7 Å². The number of halogens is 3. The van der Waals surface area contributed by atoms with Crippen LogP contribution < -0.4 is 14.8 Å². The van der Waals surface area contributed by atoms with Gasteiger partial charge in [0.05, 0.1) is 17.2 Å². The van der Waals surface area contributed by atoms with E-state index in [0.717, 1.165) is 33.3 Å². The standard InChI is InChI=1S/C25H20Cl2FNO2/c1-30-25-11-9-19(13-23(25)27)29-14-21-20-5-3-2-4-16(20)7-10-24(21)31-15-17-6-8-18(28)12-22(17)26/h2-13,29H,14-15H2,1H3. The Morgan fingerprint density at radius 3 is 2.45 bits per heavy atom. The number of fused-ring (bicyclic) bond motifs is 1. The summed E-state index contributed by atoms with van der Waals surface area (Å²) < 4.78 is 24.7. The smallest absolute Gasteiger partial charge is 0.137 e. The van der Waals surface area contributed by atoms with Crippen LogP contribution in [-0.2, 0) is 13.2 Å². The highest BCUT2D eigenvalue weighted by Crippen LogP contribution is 2.32. The van der Waals surface area contributed by atoms with E-state index in [0.29, 0.717) is 22.3 Å². The third-order valence-electron chi connectivity index (χ3n) is 5.02. The summed E-state index contributed by atoms with van der Waals surface area (Å²) >= 11 is 12.4. The van der Waals surface area contributed by atoms with Crippen molar-refractivity contribution in [2.75, 3.05) is 12.4 Å². The molecule has 0 aliphatic heterocycles. The zero-order valence-corrected chi connectivity index (χ0v) is 18.3. The van der Waals surface area contributed by atoms with Crippen molar-refractivity contribution in [3.63, 3.8) is 0 Å². The maximum atomic E-state index is 13.3.